The Morgan fingerprint density at radius 2 is 1.67 bits per heavy atom. The highest BCUT2D eigenvalue weighted by atomic mass is 32.2. The molecule has 0 aliphatic heterocycles. The summed E-state index contributed by atoms with van der Waals surface area (Å²) in [6.07, 6.45) is -3.19. The molecule has 8 nitrogen and oxygen atoms in total. The van der Waals surface area contributed by atoms with E-state index in [4.69, 9.17) is 4.74 Å². The van der Waals surface area contributed by atoms with Crippen LogP contribution in [0.1, 0.15) is 43.4 Å². The minimum Gasteiger partial charge on any atom is -0.497 e. The number of nitrogens with zero attached hydrogens (tertiary/aromatic N) is 2. The van der Waals surface area contributed by atoms with Crippen molar-refractivity contribution in [3.8, 4) is 5.75 Å². The maximum atomic E-state index is 14.0. The van der Waals surface area contributed by atoms with Gasteiger partial charge in [-0.1, -0.05) is 49.2 Å². The zero-order chi connectivity index (χ0) is 31.8. The van der Waals surface area contributed by atoms with Gasteiger partial charge in [0.05, 0.1) is 23.3 Å². The predicted octanol–water partition coefficient (Wildman–Crippen LogP) is 5.55. The number of benzene rings is 3. The van der Waals surface area contributed by atoms with Gasteiger partial charge in [0, 0.05) is 13.1 Å². The molecule has 0 saturated carbocycles. The van der Waals surface area contributed by atoms with Gasteiger partial charge in [0.15, 0.2) is 0 Å². The van der Waals surface area contributed by atoms with Crippen LogP contribution in [-0.4, -0.2) is 51.4 Å². The van der Waals surface area contributed by atoms with Crippen LogP contribution < -0.4 is 14.4 Å². The summed E-state index contributed by atoms with van der Waals surface area (Å²) in [6.45, 7) is 4.69. The van der Waals surface area contributed by atoms with Crippen molar-refractivity contribution in [3.63, 3.8) is 0 Å². The summed E-state index contributed by atoms with van der Waals surface area (Å²) in [4.78, 5) is 28.0. The lowest BCUT2D eigenvalue weighted by atomic mass is 10.1. The van der Waals surface area contributed by atoms with Crippen molar-refractivity contribution in [2.45, 2.75) is 57.3 Å². The summed E-state index contributed by atoms with van der Waals surface area (Å²) < 4.78 is 74.5. The van der Waals surface area contributed by atoms with E-state index in [9.17, 15) is 31.2 Å². The molecule has 0 aliphatic rings. The maximum Gasteiger partial charge on any atom is 0.416 e. The fourth-order valence-electron chi connectivity index (χ4n) is 4.29. The molecule has 1 N–H and O–H groups in total. The van der Waals surface area contributed by atoms with Crippen molar-refractivity contribution in [3.05, 3.63) is 89.5 Å². The van der Waals surface area contributed by atoms with Crippen molar-refractivity contribution >= 4 is 27.5 Å². The number of aryl methyl sites for hydroxylation is 1. The zero-order valence-corrected chi connectivity index (χ0v) is 25.3. The normalized spacial score (nSPS) is 12.3. The van der Waals surface area contributed by atoms with Crippen LogP contribution in [0.15, 0.2) is 77.7 Å². The molecule has 0 heterocycles. The Morgan fingerprint density at radius 1 is 1.00 bits per heavy atom. The number of hydrogen-bond donors (Lipinski definition) is 1. The van der Waals surface area contributed by atoms with Gasteiger partial charge >= 0.3 is 6.18 Å². The zero-order valence-electron chi connectivity index (χ0n) is 24.5. The number of hydrogen-bond acceptors (Lipinski definition) is 5. The molecule has 0 spiro atoms. The minimum absolute atomic E-state index is 0.0839. The number of methoxy groups -OCH3 is 1. The number of unbranched alkanes of at least 4 members (excludes halogenated alkanes) is 1. The molecule has 0 fully saturated rings. The van der Waals surface area contributed by atoms with E-state index in [1.54, 1.807) is 43.3 Å². The number of alkyl halides is 3. The van der Waals surface area contributed by atoms with Crippen molar-refractivity contribution in [1.29, 1.82) is 0 Å². The number of carbonyl (C=O) groups is 2. The minimum atomic E-state index is -4.75. The van der Waals surface area contributed by atoms with E-state index in [2.05, 4.69) is 5.32 Å². The van der Waals surface area contributed by atoms with E-state index in [0.717, 1.165) is 30.5 Å². The molecule has 0 aliphatic carbocycles. The second kappa shape index (κ2) is 14.4. The highest BCUT2D eigenvalue weighted by Gasteiger charge is 2.35. The van der Waals surface area contributed by atoms with Crippen molar-refractivity contribution < 1.29 is 35.9 Å². The van der Waals surface area contributed by atoms with Gasteiger partial charge in [0.2, 0.25) is 11.8 Å². The first kappa shape index (κ1) is 33.4. The van der Waals surface area contributed by atoms with Gasteiger partial charge in [-0.3, -0.25) is 13.9 Å². The molecular formula is C31H36F3N3O5S. The third-order valence-electron chi connectivity index (χ3n) is 6.83. The summed E-state index contributed by atoms with van der Waals surface area (Å²) in [6, 6.07) is 15.3. The molecule has 3 aromatic rings. The molecule has 0 saturated heterocycles. The van der Waals surface area contributed by atoms with Gasteiger partial charge < -0.3 is 15.0 Å². The van der Waals surface area contributed by atoms with Gasteiger partial charge in [-0.05, 0) is 68.3 Å². The van der Waals surface area contributed by atoms with Crippen LogP contribution in [0.2, 0.25) is 0 Å². The van der Waals surface area contributed by atoms with Crippen molar-refractivity contribution in [2.75, 3.05) is 24.5 Å². The van der Waals surface area contributed by atoms with E-state index in [1.807, 2.05) is 6.92 Å². The standard InChI is InChI=1S/C31H36F3N3O5S/c1-5-6-17-35-30(39)23(3)36(20-24-9-7-12-27(18-24)42-4)29(38)21-37(26-11-8-10-25(19-26)31(32,33)34)43(40,41)28-15-13-22(2)14-16-28/h7-16,18-19,23H,5-6,17,20-21H2,1-4H3,(H,35,39)/t23-/m0/s1. The Bertz CT molecular complexity index is 1510. The van der Waals surface area contributed by atoms with Gasteiger partial charge in [0.25, 0.3) is 10.0 Å². The molecule has 0 bridgehead atoms. The van der Waals surface area contributed by atoms with E-state index in [0.29, 0.717) is 28.2 Å². The van der Waals surface area contributed by atoms with E-state index >= 15 is 0 Å². The van der Waals surface area contributed by atoms with E-state index in [-0.39, 0.29) is 17.1 Å². The van der Waals surface area contributed by atoms with E-state index < -0.39 is 46.2 Å². The molecule has 2 amide bonds. The smallest absolute Gasteiger partial charge is 0.416 e. The SMILES string of the molecule is CCCCNC(=O)[C@H](C)N(Cc1cccc(OC)c1)C(=O)CN(c1cccc(C(F)(F)F)c1)S(=O)(=O)c1ccc(C)cc1. The van der Waals surface area contributed by atoms with Crippen LogP contribution >= 0.6 is 0 Å². The summed E-state index contributed by atoms with van der Waals surface area (Å²) in [5.41, 5.74) is -0.0375. The van der Waals surface area contributed by atoms with Gasteiger partial charge in [0.1, 0.15) is 18.3 Å². The monoisotopic (exact) mass is 619 g/mol. The Morgan fingerprint density at radius 3 is 2.30 bits per heavy atom. The van der Waals surface area contributed by atoms with Crippen LogP contribution in [0, 0.1) is 6.92 Å². The third kappa shape index (κ3) is 8.73. The number of amides is 2. The third-order valence-corrected chi connectivity index (χ3v) is 8.62. The quantitative estimate of drug-likeness (QED) is 0.253. The second-order valence-electron chi connectivity index (χ2n) is 10.1. The number of carbonyl (C=O) groups excluding carboxylic acids is 2. The first-order chi connectivity index (χ1) is 20.3. The fourth-order valence-corrected chi connectivity index (χ4v) is 5.70. The average molecular weight is 620 g/mol. The number of nitrogens with one attached hydrogen (secondary N) is 1. The molecule has 1 atom stereocenters. The summed E-state index contributed by atoms with van der Waals surface area (Å²) in [5, 5.41) is 2.78. The van der Waals surface area contributed by atoms with Gasteiger partial charge in [-0.15, -0.1) is 0 Å². The topological polar surface area (TPSA) is 96.0 Å². The maximum absolute atomic E-state index is 14.0. The molecule has 232 valence electrons. The lowest BCUT2D eigenvalue weighted by Crippen LogP contribution is -2.51. The van der Waals surface area contributed by atoms with Crippen molar-refractivity contribution in [1.82, 2.24) is 10.2 Å². The Kier molecular flexibility index (Phi) is 11.2. The molecular weight excluding hydrogens is 583 g/mol. The van der Waals surface area contributed by atoms with Crippen LogP contribution in [0.5, 0.6) is 5.75 Å². The molecule has 12 heteroatoms. The molecule has 0 radical (unpaired) electrons. The Hall–Kier alpha value is -4.06. The van der Waals surface area contributed by atoms with Crippen LogP contribution in [-0.2, 0) is 32.3 Å². The van der Waals surface area contributed by atoms with Crippen LogP contribution in [0.3, 0.4) is 0 Å². The predicted molar refractivity (Wildman–Crippen MR) is 158 cm³/mol. The highest BCUT2D eigenvalue weighted by Crippen LogP contribution is 2.33. The molecule has 43 heavy (non-hydrogen) atoms. The number of anilines is 1. The number of rotatable bonds is 13. The van der Waals surface area contributed by atoms with E-state index in [1.165, 1.54) is 37.1 Å². The molecule has 3 rings (SSSR count). The Balaban J connectivity index is 2.07. The molecule has 0 aromatic heterocycles. The lowest BCUT2D eigenvalue weighted by Gasteiger charge is -2.32. The molecule has 3 aromatic carbocycles. The van der Waals surface area contributed by atoms with Crippen LogP contribution in [0.25, 0.3) is 0 Å². The first-order valence-corrected chi connectivity index (χ1v) is 15.2. The summed E-state index contributed by atoms with van der Waals surface area (Å²) >= 11 is 0. The number of ether oxygens (including phenoxy) is 1. The van der Waals surface area contributed by atoms with Crippen LogP contribution in [0.4, 0.5) is 18.9 Å². The number of halogens is 3. The van der Waals surface area contributed by atoms with Gasteiger partial charge in [-0.2, -0.15) is 13.2 Å². The van der Waals surface area contributed by atoms with Crippen molar-refractivity contribution in [2.24, 2.45) is 0 Å². The average Bonchev–Trinajstić information content (AvgIpc) is 2.98. The lowest BCUT2D eigenvalue weighted by molar-refractivity contribution is -0.139. The first-order valence-electron chi connectivity index (χ1n) is 13.7. The summed E-state index contributed by atoms with van der Waals surface area (Å²) in [5.74, 6) is -0.719. The molecule has 0 unspecified atom stereocenters. The fraction of sp³-hybridized carbons (Fsp3) is 0.355. The highest BCUT2D eigenvalue weighted by molar-refractivity contribution is 7.92. The summed E-state index contributed by atoms with van der Waals surface area (Å²) in [7, 11) is -3.03. The largest absolute Gasteiger partial charge is 0.497 e. The second-order valence-corrected chi connectivity index (χ2v) is 11.9. The van der Waals surface area contributed by atoms with Gasteiger partial charge in [-0.25, -0.2) is 8.42 Å². The Labute approximate surface area is 250 Å². The number of sulfonamides is 1.